The molecule has 126 valence electrons. The molecule has 5 nitrogen and oxygen atoms in total. The van der Waals surface area contributed by atoms with E-state index in [1.165, 1.54) is 0 Å². The highest BCUT2D eigenvalue weighted by Gasteiger charge is 2.30. The Morgan fingerprint density at radius 2 is 1.75 bits per heavy atom. The van der Waals surface area contributed by atoms with Crippen LogP contribution in [0.4, 0.5) is 0 Å². The molecule has 1 unspecified atom stereocenters. The van der Waals surface area contributed by atoms with Crippen molar-refractivity contribution < 1.29 is 19.0 Å². The van der Waals surface area contributed by atoms with Gasteiger partial charge in [-0.1, -0.05) is 30.3 Å². The normalized spacial score (nSPS) is 15.8. The lowest BCUT2D eigenvalue weighted by molar-refractivity contribution is 0.0923. The van der Waals surface area contributed by atoms with Gasteiger partial charge in [0, 0.05) is 12.2 Å². The van der Waals surface area contributed by atoms with Crippen LogP contribution in [0.5, 0.6) is 11.5 Å². The minimum absolute atomic E-state index is 0.0666. The Balaban J connectivity index is 1.63. The first-order chi connectivity index (χ1) is 11.7. The summed E-state index contributed by atoms with van der Waals surface area (Å²) >= 11 is 0. The molecule has 2 aromatic carbocycles. The van der Waals surface area contributed by atoms with Crippen LogP contribution in [-0.4, -0.2) is 26.7 Å². The van der Waals surface area contributed by atoms with E-state index in [9.17, 15) is 4.79 Å². The number of carbonyl (C=O) groups is 1. The molecule has 0 fully saturated rings. The third-order valence-corrected chi connectivity index (χ3v) is 4.14. The Hall–Kier alpha value is -2.53. The van der Waals surface area contributed by atoms with Crippen LogP contribution in [0.2, 0.25) is 0 Å². The molecule has 0 aromatic heterocycles. The lowest BCUT2D eigenvalue weighted by Crippen LogP contribution is -2.20. The summed E-state index contributed by atoms with van der Waals surface area (Å²) in [5.41, 5.74) is 2.71. The highest BCUT2D eigenvalue weighted by Crippen LogP contribution is 2.37. The lowest BCUT2D eigenvalue weighted by Gasteiger charge is -2.14. The predicted octanol–water partition coefficient (Wildman–Crippen LogP) is 3.10. The fourth-order valence-corrected chi connectivity index (χ4v) is 2.89. The number of methoxy groups -OCH3 is 2. The number of ether oxygens (including phenoxy) is 3. The molecule has 3 rings (SSSR count). The summed E-state index contributed by atoms with van der Waals surface area (Å²) in [5.74, 6) is 1.11. The highest BCUT2D eigenvalue weighted by molar-refractivity contribution is 5.99. The van der Waals surface area contributed by atoms with Crippen LogP contribution in [0.3, 0.4) is 0 Å². The van der Waals surface area contributed by atoms with Crippen LogP contribution < -0.4 is 14.8 Å². The van der Waals surface area contributed by atoms with Gasteiger partial charge in [-0.2, -0.15) is 0 Å². The molecule has 0 aliphatic carbocycles. The van der Waals surface area contributed by atoms with E-state index in [0.717, 1.165) is 11.1 Å². The molecule has 2 aromatic rings. The summed E-state index contributed by atoms with van der Waals surface area (Å²) in [6, 6.07) is 13.6. The van der Waals surface area contributed by atoms with Crippen LogP contribution in [0.25, 0.3) is 0 Å². The van der Waals surface area contributed by atoms with E-state index in [4.69, 9.17) is 14.2 Å². The number of hydrogen-bond acceptors (Lipinski definition) is 4. The third kappa shape index (κ3) is 3.36. The van der Waals surface area contributed by atoms with Gasteiger partial charge in [-0.15, -0.1) is 0 Å². The molecule has 1 atom stereocenters. The van der Waals surface area contributed by atoms with Gasteiger partial charge in [0.25, 0.3) is 5.91 Å². The Labute approximate surface area is 141 Å². The second kappa shape index (κ2) is 7.36. The second-order valence-corrected chi connectivity index (χ2v) is 5.65. The van der Waals surface area contributed by atoms with Crippen molar-refractivity contribution in [3.8, 4) is 11.5 Å². The third-order valence-electron chi connectivity index (χ3n) is 4.14. The van der Waals surface area contributed by atoms with Crippen molar-refractivity contribution in [3.05, 3.63) is 59.2 Å². The summed E-state index contributed by atoms with van der Waals surface area (Å²) in [6.07, 6.45) is 0.709. The molecular weight excluding hydrogens is 306 g/mol. The summed E-state index contributed by atoms with van der Waals surface area (Å²) < 4.78 is 16.3. The molecule has 0 saturated heterocycles. The van der Waals surface area contributed by atoms with Crippen molar-refractivity contribution in [1.29, 1.82) is 0 Å². The standard InChI is InChI=1S/C19H21NO4/c1-22-17-10-14-15(11-18(17)23-2)19(21)20-16(14)8-9-24-12-13-6-4-3-5-7-13/h3-7,10-11,16H,8-9,12H2,1-2H3,(H,20,21). The number of hydrogen-bond donors (Lipinski definition) is 1. The molecule has 1 N–H and O–H groups in total. The van der Waals surface area contributed by atoms with Crippen LogP contribution in [0.1, 0.15) is 33.9 Å². The van der Waals surface area contributed by atoms with Crippen molar-refractivity contribution in [1.82, 2.24) is 5.32 Å². The fourth-order valence-electron chi connectivity index (χ4n) is 2.89. The minimum atomic E-state index is -0.0842. The van der Waals surface area contributed by atoms with Crippen LogP contribution in [-0.2, 0) is 11.3 Å². The van der Waals surface area contributed by atoms with Crippen molar-refractivity contribution in [3.63, 3.8) is 0 Å². The van der Waals surface area contributed by atoms with Crippen LogP contribution >= 0.6 is 0 Å². The van der Waals surface area contributed by atoms with Gasteiger partial charge in [-0.3, -0.25) is 4.79 Å². The molecule has 0 saturated carbocycles. The Morgan fingerprint density at radius 3 is 2.46 bits per heavy atom. The molecular formula is C19H21NO4. The number of carbonyl (C=O) groups excluding carboxylic acids is 1. The zero-order chi connectivity index (χ0) is 16.9. The van der Waals surface area contributed by atoms with Crippen LogP contribution in [0.15, 0.2) is 42.5 Å². The van der Waals surface area contributed by atoms with Gasteiger partial charge in [0.05, 0.1) is 26.9 Å². The minimum Gasteiger partial charge on any atom is -0.493 e. The highest BCUT2D eigenvalue weighted by atomic mass is 16.5. The van der Waals surface area contributed by atoms with E-state index in [1.807, 2.05) is 36.4 Å². The molecule has 1 aliphatic rings. The summed E-state index contributed by atoms with van der Waals surface area (Å²) in [4.78, 5) is 12.1. The van der Waals surface area contributed by atoms with Gasteiger partial charge in [-0.25, -0.2) is 0 Å². The summed E-state index contributed by atoms with van der Waals surface area (Å²) in [5, 5.41) is 2.99. The van der Waals surface area contributed by atoms with Gasteiger partial charge < -0.3 is 19.5 Å². The van der Waals surface area contributed by atoms with Crippen molar-refractivity contribution in [2.75, 3.05) is 20.8 Å². The molecule has 5 heteroatoms. The van der Waals surface area contributed by atoms with E-state index < -0.39 is 0 Å². The summed E-state index contributed by atoms with van der Waals surface area (Å²) in [7, 11) is 3.15. The van der Waals surface area contributed by atoms with Crippen LogP contribution in [0, 0.1) is 0 Å². The number of rotatable bonds is 7. The van der Waals surface area contributed by atoms with Gasteiger partial charge in [0.15, 0.2) is 11.5 Å². The van der Waals surface area contributed by atoms with Crippen molar-refractivity contribution in [2.24, 2.45) is 0 Å². The predicted molar refractivity (Wildman–Crippen MR) is 90.5 cm³/mol. The Kier molecular flexibility index (Phi) is 5.01. The lowest BCUT2D eigenvalue weighted by atomic mass is 10.0. The van der Waals surface area contributed by atoms with Crippen molar-refractivity contribution in [2.45, 2.75) is 19.1 Å². The zero-order valence-electron chi connectivity index (χ0n) is 13.9. The van der Waals surface area contributed by atoms with E-state index in [2.05, 4.69) is 5.32 Å². The molecule has 1 aliphatic heterocycles. The zero-order valence-corrected chi connectivity index (χ0v) is 13.9. The number of amides is 1. The maximum absolute atomic E-state index is 12.1. The average molecular weight is 327 g/mol. The Morgan fingerprint density at radius 1 is 1.04 bits per heavy atom. The molecule has 1 heterocycles. The SMILES string of the molecule is COc1cc2c(cc1OC)C(CCOCc1ccccc1)NC2=O. The topological polar surface area (TPSA) is 56.8 Å². The Bertz CT molecular complexity index is 715. The smallest absolute Gasteiger partial charge is 0.252 e. The second-order valence-electron chi connectivity index (χ2n) is 5.65. The maximum Gasteiger partial charge on any atom is 0.252 e. The van der Waals surface area contributed by atoms with Gasteiger partial charge in [0.2, 0.25) is 0 Å². The van der Waals surface area contributed by atoms with E-state index in [-0.39, 0.29) is 11.9 Å². The molecule has 1 amide bonds. The number of benzene rings is 2. The quantitative estimate of drug-likeness (QED) is 0.794. The van der Waals surface area contributed by atoms with E-state index in [1.54, 1.807) is 20.3 Å². The summed E-state index contributed by atoms with van der Waals surface area (Å²) in [6.45, 7) is 1.13. The first-order valence-corrected chi connectivity index (χ1v) is 7.91. The molecule has 0 radical (unpaired) electrons. The van der Waals surface area contributed by atoms with Gasteiger partial charge >= 0.3 is 0 Å². The van der Waals surface area contributed by atoms with Gasteiger partial charge in [0.1, 0.15) is 0 Å². The first-order valence-electron chi connectivity index (χ1n) is 7.91. The number of nitrogens with one attached hydrogen (secondary N) is 1. The molecule has 0 bridgehead atoms. The molecule has 24 heavy (non-hydrogen) atoms. The molecule has 0 spiro atoms. The first kappa shape index (κ1) is 16.3. The number of fused-ring (bicyclic) bond motifs is 1. The van der Waals surface area contributed by atoms with E-state index in [0.29, 0.717) is 36.7 Å². The average Bonchev–Trinajstić information content (AvgIpc) is 2.93. The van der Waals surface area contributed by atoms with E-state index >= 15 is 0 Å². The maximum atomic E-state index is 12.1. The largest absolute Gasteiger partial charge is 0.493 e. The monoisotopic (exact) mass is 327 g/mol. The van der Waals surface area contributed by atoms with Gasteiger partial charge in [-0.05, 0) is 29.7 Å². The van der Waals surface area contributed by atoms with Crippen molar-refractivity contribution >= 4 is 5.91 Å². The fraction of sp³-hybridized carbons (Fsp3) is 0.316.